The summed E-state index contributed by atoms with van der Waals surface area (Å²) in [7, 11) is 4.22. The fourth-order valence-electron chi connectivity index (χ4n) is 3.73. The minimum Gasteiger partial charge on any atom is -0.497 e. The maximum absolute atomic E-state index is 12.2. The molecule has 6 nitrogen and oxygen atoms in total. The second kappa shape index (κ2) is 8.89. The van der Waals surface area contributed by atoms with E-state index in [0.29, 0.717) is 13.0 Å². The van der Waals surface area contributed by atoms with Gasteiger partial charge in [0.05, 0.1) is 21.3 Å². The second-order valence-electron chi connectivity index (χ2n) is 6.80. The lowest BCUT2D eigenvalue weighted by Crippen LogP contribution is -2.32. The molecular formula is C22H25NO5. The van der Waals surface area contributed by atoms with Gasteiger partial charge in [0.15, 0.2) is 5.92 Å². The first kappa shape index (κ1) is 19.9. The Bertz CT molecular complexity index is 817. The first-order valence-corrected chi connectivity index (χ1v) is 9.17. The molecule has 1 atom stereocenters. The summed E-state index contributed by atoms with van der Waals surface area (Å²) in [4.78, 5) is 26.7. The molecule has 0 saturated carbocycles. The van der Waals surface area contributed by atoms with Crippen LogP contribution in [-0.4, -0.2) is 38.2 Å². The maximum Gasteiger partial charge on any atom is 0.320 e. The van der Waals surface area contributed by atoms with Gasteiger partial charge in [0.25, 0.3) is 0 Å². The van der Waals surface area contributed by atoms with Crippen LogP contribution in [0.3, 0.4) is 0 Å². The lowest BCUT2D eigenvalue weighted by atomic mass is 9.94. The number of ether oxygens (including phenoxy) is 3. The molecule has 6 heteroatoms. The summed E-state index contributed by atoms with van der Waals surface area (Å²) < 4.78 is 14.9. The number of carbonyl (C=O) groups excluding carboxylic acids is 2. The molecule has 0 spiro atoms. The zero-order valence-corrected chi connectivity index (χ0v) is 16.4. The topological polar surface area (TPSA) is 65.1 Å². The lowest BCUT2D eigenvalue weighted by molar-refractivity contribution is -0.159. The number of hydrogen-bond donors (Lipinski definition) is 0. The fourth-order valence-corrected chi connectivity index (χ4v) is 3.73. The van der Waals surface area contributed by atoms with Crippen LogP contribution in [0.25, 0.3) is 0 Å². The van der Waals surface area contributed by atoms with Crippen LogP contribution in [0, 0.1) is 5.92 Å². The molecule has 2 aromatic carbocycles. The Labute approximate surface area is 165 Å². The molecule has 28 heavy (non-hydrogen) atoms. The van der Waals surface area contributed by atoms with Gasteiger partial charge in [-0.25, -0.2) is 0 Å². The van der Waals surface area contributed by atoms with Crippen LogP contribution in [0.15, 0.2) is 48.5 Å². The van der Waals surface area contributed by atoms with E-state index < -0.39 is 17.9 Å². The Hall–Kier alpha value is -2.86. The average Bonchev–Trinajstić information content (AvgIpc) is 3.08. The second-order valence-corrected chi connectivity index (χ2v) is 6.80. The Balaban J connectivity index is 1.86. The monoisotopic (exact) mass is 383 g/mol. The lowest BCUT2D eigenvalue weighted by Gasteiger charge is -2.27. The van der Waals surface area contributed by atoms with E-state index in [4.69, 9.17) is 14.2 Å². The molecular weight excluding hydrogens is 358 g/mol. The van der Waals surface area contributed by atoms with Gasteiger partial charge in [-0.05, 0) is 35.2 Å². The number of benzene rings is 2. The number of hydrogen-bond acceptors (Lipinski definition) is 6. The van der Waals surface area contributed by atoms with E-state index in [1.165, 1.54) is 19.8 Å². The molecule has 0 saturated heterocycles. The molecule has 0 aromatic heterocycles. The summed E-state index contributed by atoms with van der Waals surface area (Å²) in [5.41, 5.74) is 3.47. The molecule has 0 bridgehead atoms. The summed E-state index contributed by atoms with van der Waals surface area (Å²) in [5.74, 6) is -1.28. The van der Waals surface area contributed by atoms with Gasteiger partial charge in [-0.2, -0.15) is 0 Å². The van der Waals surface area contributed by atoms with Crippen molar-refractivity contribution >= 4 is 11.9 Å². The minimum absolute atomic E-state index is 0.0819. The van der Waals surface area contributed by atoms with Gasteiger partial charge in [-0.15, -0.1) is 0 Å². The van der Waals surface area contributed by atoms with Crippen LogP contribution < -0.4 is 4.74 Å². The molecule has 1 heterocycles. The van der Waals surface area contributed by atoms with Crippen molar-refractivity contribution in [3.05, 3.63) is 65.2 Å². The van der Waals surface area contributed by atoms with E-state index in [-0.39, 0.29) is 6.04 Å². The van der Waals surface area contributed by atoms with Crippen molar-refractivity contribution in [2.24, 2.45) is 5.92 Å². The van der Waals surface area contributed by atoms with Crippen molar-refractivity contribution in [3.8, 4) is 5.75 Å². The van der Waals surface area contributed by atoms with Gasteiger partial charge < -0.3 is 14.2 Å². The van der Waals surface area contributed by atoms with Gasteiger partial charge >= 0.3 is 11.9 Å². The van der Waals surface area contributed by atoms with Crippen molar-refractivity contribution < 1.29 is 23.8 Å². The summed E-state index contributed by atoms with van der Waals surface area (Å²) in [6, 6.07) is 16.0. The van der Waals surface area contributed by atoms with Crippen molar-refractivity contribution in [1.29, 1.82) is 0 Å². The number of carbonyl (C=O) groups is 2. The zero-order chi connectivity index (χ0) is 20.1. The van der Waals surface area contributed by atoms with Crippen molar-refractivity contribution in [3.63, 3.8) is 0 Å². The number of methoxy groups -OCH3 is 3. The normalized spacial score (nSPS) is 15.9. The molecule has 1 aliphatic heterocycles. The van der Waals surface area contributed by atoms with Gasteiger partial charge in [0.2, 0.25) is 0 Å². The third-order valence-corrected chi connectivity index (χ3v) is 5.20. The molecule has 3 rings (SSSR count). The molecule has 1 unspecified atom stereocenters. The number of nitrogens with zero attached hydrogens (tertiary/aromatic N) is 1. The van der Waals surface area contributed by atoms with Crippen molar-refractivity contribution in [1.82, 2.24) is 4.90 Å². The standard InChI is InChI=1S/C22H25NO5/c1-26-17-10-8-15(9-11-17)13-23-14-16-6-4-5-7-18(16)20(23)12-19(21(24)27-2)22(25)28-3/h4-11,19-20H,12-14H2,1-3H3. The van der Waals surface area contributed by atoms with Crippen molar-refractivity contribution in [2.45, 2.75) is 25.6 Å². The van der Waals surface area contributed by atoms with Crippen LogP contribution in [0.2, 0.25) is 0 Å². The predicted octanol–water partition coefficient (Wildman–Crippen LogP) is 3.10. The molecule has 0 fully saturated rings. The molecule has 1 aliphatic rings. The van der Waals surface area contributed by atoms with E-state index in [0.717, 1.165) is 23.4 Å². The van der Waals surface area contributed by atoms with Crippen LogP contribution in [0.1, 0.15) is 29.2 Å². The van der Waals surface area contributed by atoms with Crippen LogP contribution in [0.4, 0.5) is 0 Å². The summed E-state index contributed by atoms with van der Waals surface area (Å²) in [5, 5.41) is 0. The average molecular weight is 383 g/mol. The molecule has 2 aromatic rings. The molecule has 148 valence electrons. The predicted molar refractivity (Wildman–Crippen MR) is 104 cm³/mol. The first-order chi connectivity index (χ1) is 13.6. The molecule has 0 N–H and O–H groups in total. The maximum atomic E-state index is 12.2. The molecule has 0 aliphatic carbocycles. The third kappa shape index (κ3) is 4.17. The fraction of sp³-hybridized carbons (Fsp3) is 0.364. The Morgan fingerprint density at radius 1 is 1.00 bits per heavy atom. The van der Waals surface area contributed by atoms with E-state index in [2.05, 4.69) is 17.0 Å². The zero-order valence-electron chi connectivity index (χ0n) is 16.4. The van der Waals surface area contributed by atoms with Crippen molar-refractivity contribution in [2.75, 3.05) is 21.3 Å². The SMILES string of the molecule is COC(=O)C(CC1c2ccccc2CN1Cc1ccc(OC)cc1)C(=O)OC. The summed E-state index contributed by atoms with van der Waals surface area (Å²) >= 11 is 0. The van der Waals surface area contributed by atoms with Gasteiger partial charge in [0, 0.05) is 19.1 Å². The van der Waals surface area contributed by atoms with Gasteiger partial charge in [-0.1, -0.05) is 36.4 Å². The molecule has 0 radical (unpaired) electrons. The quantitative estimate of drug-likeness (QED) is 0.541. The number of rotatable bonds is 7. The van der Waals surface area contributed by atoms with Gasteiger partial charge in [-0.3, -0.25) is 14.5 Å². The Kier molecular flexibility index (Phi) is 6.31. The highest BCUT2D eigenvalue weighted by Gasteiger charge is 2.38. The largest absolute Gasteiger partial charge is 0.497 e. The highest BCUT2D eigenvalue weighted by atomic mass is 16.5. The highest BCUT2D eigenvalue weighted by molar-refractivity contribution is 5.94. The minimum atomic E-state index is -0.954. The van der Waals surface area contributed by atoms with E-state index >= 15 is 0 Å². The molecule has 0 amide bonds. The Morgan fingerprint density at radius 3 is 2.25 bits per heavy atom. The third-order valence-electron chi connectivity index (χ3n) is 5.20. The smallest absolute Gasteiger partial charge is 0.320 e. The van der Waals surface area contributed by atoms with Gasteiger partial charge in [0.1, 0.15) is 5.75 Å². The van der Waals surface area contributed by atoms with E-state index in [1.54, 1.807) is 7.11 Å². The summed E-state index contributed by atoms with van der Waals surface area (Å²) in [6.07, 6.45) is 0.312. The number of esters is 2. The van der Waals surface area contributed by atoms with Crippen LogP contribution in [0.5, 0.6) is 5.75 Å². The summed E-state index contributed by atoms with van der Waals surface area (Å²) in [6.45, 7) is 1.44. The van der Waals surface area contributed by atoms with Crippen LogP contribution in [-0.2, 0) is 32.2 Å². The van der Waals surface area contributed by atoms with E-state index in [9.17, 15) is 9.59 Å². The Morgan fingerprint density at radius 2 is 1.64 bits per heavy atom. The number of fused-ring (bicyclic) bond motifs is 1. The highest BCUT2D eigenvalue weighted by Crippen LogP contribution is 2.39. The first-order valence-electron chi connectivity index (χ1n) is 9.17. The van der Waals surface area contributed by atoms with Crippen LogP contribution >= 0.6 is 0 Å². The van der Waals surface area contributed by atoms with E-state index in [1.807, 2.05) is 36.4 Å².